The number of nitrogens with zero attached hydrogens (tertiary/aromatic N) is 5. The Morgan fingerprint density at radius 3 is 2.79 bits per heavy atom. The first-order valence-electron chi connectivity index (χ1n) is 8.45. The third-order valence-electron chi connectivity index (χ3n) is 4.78. The highest BCUT2D eigenvalue weighted by Crippen LogP contribution is 2.39. The Morgan fingerprint density at radius 1 is 1.25 bits per heavy atom. The van der Waals surface area contributed by atoms with Crippen LogP contribution in [-0.2, 0) is 7.05 Å². The molecule has 1 amide bonds. The van der Waals surface area contributed by atoms with Gasteiger partial charge in [0.25, 0.3) is 5.91 Å². The van der Waals surface area contributed by atoms with Crippen molar-refractivity contribution < 1.29 is 4.79 Å². The molecule has 2 aliphatic rings. The zero-order chi connectivity index (χ0) is 16.7. The van der Waals surface area contributed by atoms with Gasteiger partial charge in [-0.2, -0.15) is 5.10 Å². The van der Waals surface area contributed by atoms with Crippen LogP contribution in [-0.4, -0.2) is 37.1 Å². The van der Waals surface area contributed by atoms with Crippen LogP contribution in [0.5, 0.6) is 0 Å². The second kappa shape index (κ2) is 6.16. The van der Waals surface area contributed by atoms with Crippen molar-refractivity contribution >= 4 is 17.5 Å². The average Bonchev–Trinajstić information content (AvgIpc) is 3.36. The molecule has 0 spiro atoms. The maximum Gasteiger partial charge on any atom is 0.274 e. The SMILES string of the molecule is Cn1cc(C2CCCCN2C(=O)c2nc(C3CC3)ncc2Cl)cn1. The molecule has 3 heterocycles. The van der Waals surface area contributed by atoms with E-state index in [1.807, 2.05) is 24.3 Å². The fraction of sp³-hybridized carbons (Fsp3) is 0.529. The number of carbonyl (C=O) groups is 1. The molecule has 1 saturated heterocycles. The van der Waals surface area contributed by atoms with Gasteiger partial charge in [-0.1, -0.05) is 11.6 Å². The number of rotatable bonds is 3. The van der Waals surface area contributed by atoms with E-state index in [9.17, 15) is 4.79 Å². The van der Waals surface area contributed by atoms with E-state index < -0.39 is 0 Å². The van der Waals surface area contributed by atoms with E-state index >= 15 is 0 Å². The highest BCUT2D eigenvalue weighted by molar-refractivity contribution is 6.33. The molecule has 6 nitrogen and oxygen atoms in total. The van der Waals surface area contributed by atoms with E-state index in [0.29, 0.717) is 16.6 Å². The lowest BCUT2D eigenvalue weighted by atomic mass is 9.97. The number of halogens is 1. The standard InChI is InChI=1S/C17H20ClN5O/c1-22-10-12(8-20-22)14-4-2-3-7-23(14)17(24)15-13(18)9-19-16(21-15)11-5-6-11/h8-11,14H,2-7H2,1H3. The highest BCUT2D eigenvalue weighted by Gasteiger charge is 2.33. The molecule has 126 valence electrons. The second-order valence-electron chi connectivity index (χ2n) is 6.66. The van der Waals surface area contributed by atoms with Crippen molar-refractivity contribution in [3.05, 3.63) is 40.7 Å². The number of hydrogen-bond acceptors (Lipinski definition) is 4. The largest absolute Gasteiger partial charge is 0.330 e. The Hall–Kier alpha value is -1.95. The summed E-state index contributed by atoms with van der Waals surface area (Å²) in [6.07, 6.45) is 10.6. The summed E-state index contributed by atoms with van der Waals surface area (Å²) < 4.78 is 1.77. The van der Waals surface area contributed by atoms with Crippen molar-refractivity contribution in [1.82, 2.24) is 24.6 Å². The minimum Gasteiger partial charge on any atom is -0.330 e. The molecule has 1 saturated carbocycles. The smallest absolute Gasteiger partial charge is 0.274 e. The Bertz CT molecular complexity index is 770. The number of piperidine rings is 1. The summed E-state index contributed by atoms with van der Waals surface area (Å²) in [4.78, 5) is 23.8. The van der Waals surface area contributed by atoms with Gasteiger partial charge in [-0.25, -0.2) is 9.97 Å². The lowest BCUT2D eigenvalue weighted by Crippen LogP contribution is -2.39. The summed E-state index contributed by atoms with van der Waals surface area (Å²) >= 11 is 6.24. The fourth-order valence-electron chi connectivity index (χ4n) is 3.34. The van der Waals surface area contributed by atoms with E-state index in [1.165, 1.54) is 0 Å². The second-order valence-corrected chi connectivity index (χ2v) is 7.06. The minimum atomic E-state index is -0.0992. The molecule has 0 N–H and O–H groups in total. The van der Waals surface area contributed by atoms with Gasteiger partial charge >= 0.3 is 0 Å². The lowest BCUT2D eigenvalue weighted by Gasteiger charge is -2.35. The minimum absolute atomic E-state index is 0.0374. The van der Waals surface area contributed by atoms with E-state index in [1.54, 1.807) is 10.9 Å². The zero-order valence-corrected chi connectivity index (χ0v) is 14.4. The monoisotopic (exact) mass is 345 g/mol. The van der Waals surface area contributed by atoms with Gasteiger partial charge in [0, 0.05) is 31.3 Å². The van der Waals surface area contributed by atoms with Crippen molar-refractivity contribution in [2.24, 2.45) is 7.05 Å². The fourth-order valence-corrected chi connectivity index (χ4v) is 3.51. The summed E-state index contributed by atoms with van der Waals surface area (Å²) in [6.45, 7) is 0.720. The Kier molecular flexibility index (Phi) is 4.00. The number of likely N-dealkylation sites (tertiary alicyclic amines) is 1. The zero-order valence-electron chi connectivity index (χ0n) is 13.7. The third kappa shape index (κ3) is 2.90. The predicted molar refractivity (Wildman–Crippen MR) is 89.9 cm³/mol. The van der Waals surface area contributed by atoms with Crippen LogP contribution < -0.4 is 0 Å². The molecule has 1 unspecified atom stereocenters. The molecule has 1 atom stereocenters. The van der Waals surface area contributed by atoms with Gasteiger partial charge < -0.3 is 4.90 Å². The third-order valence-corrected chi connectivity index (χ3v) is 5.06. The van der Waals surface area contributed by atoms with Crippen molar-refractivity contribution in [1.29, 1.82) is 0 Å². The van der Waals surface area contributed by atoms with Crippen LogP contribution in [0.1, 0.15) is 65.9 Å². The number of aryl methyl sites for hydroxylation is 1. The van der Waals surface area contributed by atoms with Gasteiger partial charge in [-0.15, -0.1) is 0 Å². The molecule has 2 fully saturated rings. The summed E-state index contributed by atoms with van der Waals surface area (Å²) in [5.74, 6) is 1.04. The molecule has 4 rings (SSSR count). The van der Waals surface area contributed by atoms with Gasteiger partial charge in [0.1, 0.15) is 5.82 Å². The molecule has 1 aliphatic heterocycles. The first-order chi connectivity index (χ1) is 11.6. The van der Waals surface area contributed by atoms with Crippen LogP contribution in [0.3, 0.4) is 0 Å². The van der Waals surface area contributed by atoms with E-state index in [-0.39, 0.29) is 11.9 Å². The molecule has 24 heavy (non-hydrogen) atoms. The molecule has 0 bridgehead atoms. The first kappa shape index (κ1) is 15.6. The van der Waals surface area contributed by atoms with Gasteiger partial charge in [0.15, 0.2) is 5.69 Å². The Balaban J connectivity index is 1.65. The molecule has 1 aliphatic carbocycles. The summed E-state index contributed by atoms with van der Waals surface area (Å²) in [5, 5.41) is 4.58. The molecule has 0 aromatic carbocycles. The van der Waals surface area contributed by atoms with Crippen molar-refractivity contribution in [3.63, 3.8) is 0 Å². The number of hydrogen-bond donors (Lipinski definition) is 0. The summed E-state index contributed by atoms with van der Waals surface area (Å²) in [7, 11) is 1.89. The molecule has 2 aromatic rings. The molecular weight excluding hydrogens is 326 g/mol. The van der Waals surface area contributed by atoms with Crippen LogP contribution in [0, 0.1) is 0 Å². The van der Waals surface area contributed by atoms with Crippen molar-refractivity contribution in [2.45, 2.75) is 44.1 Å². The lowest BCUT2D eigenvalue weighted by molar-refractivity contribution is 0.0605. The number of carbonyl (C=O) groups excluding carboxylic acids is 1. The van der Waals surface area contributed by atoms with E-state index in [2.05, 4.69) is 15.1 Å². The van der Waals surface area contributed by atoms with Crippen LogP contribution in [0.15, 0.2) is 18.6 Å². The summed E-state index contributed by atoms with van der Waals surface area (Å²) in [6, 6.07) is 0.0374. The van der Waals surface area contributed by atoms with Gasteiger partial charge in [-0.05, 0) is 32.1 Å². The van der Waals surface area contributed by atoms with Crippen LogP contribution in [0.2, 0.25) is 5.02 Å². The molecule has 7 heteroatoms. The Labute approximate surface area is 145 Å². The summed E-state index contributed by atoms with van der Waals surface area (Å²) in [5.41, 5.74) is 1.41. The van der Waals surface area contributed by atoms with Crippen LogP contribution >= 0.6 is 11.6 Å². The molecule has 2 aromatic heterocycles. The number of amides is 1. The van der Waals surface area contributed by atoms with E-state index in [0.717, 1.165) is 50.0 Å². The maximum absolute atomic E-state index is 13.1. The average molecular weight is 346 g/mol. The quantitative estimate of drug-likeness (QED) is 0.857. The molecule has 0 radical (unpaired) electrons. The van der Waals surface area contributed by atoms with Crippen LogP contribution in [0.4, 0.5) is 0 Å². The van der Waals surface area contributed by atoms with Crippen molar-refractivity contribution in [3.8, 4) is 0 Å². The topological polar surface area (TPSA) is 63.9 Å². The van der Waals surface area contributed by atoms with Gasteiger partial charge in [-0.3, -0.25) is 9.48 Å². The maximum atomic E-state index is 13.1. The molecular formula is C17H20ClN5O. The van der Waals surface area contributed by atoms with Crippen molar-refractivity contribution in [2.75, 3.05) is 6.54 Å². The van der Waals surface area contributed by atoms with E-state index in [4.69, 9.17) is 11.6 Å². The predicted octanol–water partition coefficient (Wildman–Crippen LogP) is 3.11. The number of aromatic nitrogens is 4. The first-order valence-corrected chi connectivity index (χ1v) is 8.83. The highest BCUT2D eigenvalue weighted by atomic mass is 35.5. The van der Waals surface area contributed by atoms with Gasteiger partial charge in [0.2, 0.25) is 0 Å². The van der Waals surface area contributed by atoms with Gasteiger partial charge in [0.05, 0.1) is 23.5 Å². The normalized spacial score (nSPS) is 21.1. The van der Waals surface area contributed by atoms with Crippen LogP contribution in [0.25, 0.3) is 0 Å². The Morgan fingerprint density at radius 2 is 2.08 bits per heavy atom.